The molecular formula is C28H36N2O8S. The van der Waals surface area contributed by atoms with Crippen molar-refractivity contribution in [1.82, 2.24) is 4.31 Å². The topological polar surface area (TPSA) is 142 Å². The number of sulfonamides is 1. The van der Waals surface area contributed by atoms with Crippen LogP contribution in [0.2, 0.25) is 0 Å². The van der Waals surface area contributed by atoms with Gasteiger partial charge in [0, 0.05) is 18.3 Å². The molecule has 11 heteroatoms. The quantitative estimate of drug-likeness (QED) is 0.463. The third-order valence-electron chi connectivity index (χ3n) is 6.47. The molecule has 10 nitrogen and oxygen atoms in total. The highest BCUT2D eigenvalue weighted by atomic mass is 32.2. The second-order valence-corrected chi connectivity index (χ2v) is 12.7. The number of aromatic carboxylic acids is 1. The number of carbonyl (C=O) groups excluding carboxylic acids is 2. The Morgan fingerprint density at radius 2 is 1.62 bits per heavy atom. The van der Waals surface area contributed by atoms with Crippen molar-refractivity contribution in [3.8, 4) is 5.75 Å². The minimum Gasteiger partial charge on any atom is -0.507 e. The Morgan fingerprint density at radius 1 is 1.00 bits per heavy atom. The number of rotatable bonds is 8. The number of hydrogen-bond acceptors (Lipinski definition) is 7. The number of amides is 2. The summed E-state index contributed by atoms with van der Waals surface area (Å²) >= 11 is 0. The predicted molar refractivity (Wildman–Crippen MR) is 145 cm³/mol. The van der Waals surface area contributed by atoms with Crippen LogP contribution in [-0.2, 0) is 19.6 Å². The summed E-state index contributed by atoms with van der Waals surface area (Å²) in [6.07, 6.45) is 3.59. The molecule has 2 N–H and O–H groups in total. The summed E-state index contributed by atoms with van der Waals surface area (Å²) in [5.41, 5.74) is -0.343. The highest BCUT2D eigenvalue weighted by Crippen LogP contribution is 2.30. The smallest absolute Gasteiger partial charge is 0.424 e. The summed E-state index contributed by atoms with van der Waals surface area (Å²) in [6.45, 7) is 5.93. The Balaban J connectivity index is 2.01. The van der Waals surface area contributed by atoms with Crippen LogP contribution in [-0.4, -0.2) is 59.6 Å². The third kappa shape index (κ3) is 7.72. The molecule has 2 aromatic rings. The number of ether oxygens (including phenoxy) is 1. The lowest BCUT2D eigenvalue weighted by Crippen LogP contribution is -2.48. The monoisotopic (exact) mass is 560 g/mol. The first-order valence-corrected chi connectivity index (χ1v) is 14.3. The lowest BCUT2D eigenvalue weighted by molar-refractivity contribution is -0.119. The predicted octanol–water partition coefficient (Wildman–Crippen LogP) is 4.94. The van der Waals surface area contributed by atoms with Crippen molar-refractivity contribution in [3.05, 3.63) is 53.6 Å². The molecule has 2 amide bonds. The molecule has 39 heavy (non-hydrogen) atoms. The number of carboxylic acid groups (broad SMARTS) is 1. The lowest BCUT2D eigenvalue weighted by atomic mass is 9.89. The van der Waals surface area contributed by atoms with Gasteiger partial charge in [-0.05, 0) is 70.7 Å². The number of carboxylic acids is 1. The molecule has 2 aromatic carbocycles. The summed E-state index contributed by atoms with van der Waals surface area (Å²) in [5, 5.41) is 19.6. The first kappa shape index (κ1) is 29.9. The second-order valence-electron chi connectivity index (χ2n) is 10.8. The molecule has 1 fully saturated rings. The zero-order valence-corrected chi connectivity index (χ0v) is 23.5. The maximum atomic E-state index is 13.8. The minimum absolute atomic E-state index is 0.118. The van der Waals surface area contributed by atoms with Crippen LogP contribution in [0.1, 0.15) is 68.8 Å². The number of hydrogen-bond donors (Lipinski definition) is 2. The van der Waals surface area contributed by atoms with Crippen LogP contribution >= 0.6 is 0 Å². The zero-order chi connectivity index (χ0) is 29.0. The van der Waals surface area contributed by atoms with Gasteiger partial charge >= 0.3 is 12.1 Å². The van der Waals surface area contributed by atoms with Crippen LogP contribution < -0.4 is 4.90 Å². The average Bonchev–Trinajstić information content (AvgIpc) is 2.85. The molecule has 212 valence electrons. The largest absolute Gasteiger partial charge is 0.507 e. The Labute approximate surface area is 229 Å². The molecule has 3 rings (SSSR count). The Bertz CT molecular complexity index is 1310. The summed E-state index contributed by atoms with van der Waals surface area (Å²) < 4.78 is 32.9. The average molecular weight is 561 g/mol. The van der Waals surface area contributed by atoms with E-state index < -0.39 is 45.9 Å². The van der Waals surface area contributed by atoms with E-state index in [4.69, 9.17) is 4.74 Å². The first-order chi connectivity index (χ1) is 18.2. The van der Waals surface area contributed by atoms with Crippen LogP contribution in [0.25, 0.3) is 0 Å². The molecule has 0 unspecified atom stereocenters. The fourth-order valence-electron chi connectivity index (χ4n) is 4.45. The van der Waals surface area contributed by atoms with Gasteiger partial charge in [-0.15, -0.1) is 0 Å². The Morgan fingerprint density at radius 3 is 2.15 bits per heavy atom. The normalized spacial score (nSPS) is 14.5. The number of phenols is 1. The van der Waals surface area contributed by atoms with Gasteiger partial charge < -0.3 is 19.8 Å². The molecule has 1 aliphatic rings. The van der Waals surface area contributed by atoms with Crippen molar-refractivity contribution >= 4 is 33.7 Å². The molecule has 1 saturated carbocycles. The Kier molecular flexibility index (Phi) is 9.26. The van der Waals surface area contributed by atoms with Crippen molar-refractivity contribution in [2.75, 3.05) is 18.0 Å². The highest BCUT2D eigenvalue weighted by molar-refractivity contribution is 7.89. The summed E-state index contributed by atoms with van der Waals surface area (Å²) in [4.78, 5) is 39.5. The van der Waals surface area contributed by atoms with Crippen LogP contribution in [0.3, 0.4) is 0 Å². The van der Waals surface area contributed by atoms with Crippen molar-refractivity contribution in [3.63, 3.8) is 0 Å². The Hall–Kier alpha value is -3.60. The maximum Gasteiger partial charge on any atom is 0.424 e. The van der Waals surface area contributed by atoms with Gasteiger partial charge in [0.1, 0.15) is 23.5 Å². The molecule has 0 saturated heterocycles. The van der Waals surface area contributed by atoms with Crippen molar-refractivity contribution in [1.29, 1.82) is 0 Å². The summed E-state index contributed by atoms with van der Waals surface area (Å²) in [7, 11) is -4.48. The number of benzene rings is 2. The van der Waals surface area contributed by atoms with Gasteiger partial charge in [-0.25, -0.2) is 18.0 Å². The molecule has 0 radical (unpaired) electrons. The minimum atomic E-state index is -4.48. The van der Waals surface area contributed by atoms with E-state index in [-0.39, 0.29) is 28.6 Å². The molecule has 0 aromatic heterocycles. The van der Waals surface area contributed by atoms with E-state index in [1.165, 1.54) is 29.2 Å². The molecular weight excluding hydrogens is 524 g/mol. The summed E-state index contributed by atoms with van der Waals surface area (Å²) in [5.74, 6) is -2.46. The number of carbonyl (C=O) groups is 3. The van der Waals surface area contributed by atoms with Gasteiger partial charge in [-0.3, -0.25) is 4.79 Å². The lowest BCUT2D eigenvalue weighted by Gasteiger charge is -2.32. The van der Waals surface area contributed by atoms with Crippen molar-refractivity contribution in [2.45, 2.75) is 70.3 Å². The molecule has 0 bridgehead atoms. The van der Waals surface area contributed by atoms with Crippen LogP contribution in [0.15, 0.2) is 47.4 Å². The van der Waals surface area contributed by atoms with E-state index >= 15 is 0 Å². The number of aromatic hydroxyl groups is 1. The fraction of sp³-hybridized carbons (Fsp3) is 0.464. The van der Waals surface area contributed by atoms with E-state index in [1.807, 2.05) is 0 Å². The van der Waals surface area contributed by atoms with Crippen LogP contribution in [0.5, 0.6) is 5.75 Å². The number of nitrogens with zero attached hydrogens (tertiary/aromatic N) is 2. The molecule has 1 aliphatic carbocycles. The van der Waals surface area contributed by atoms with E-state index in [2.05, 4.69) is 0 Å². The van der Waals surface area contributed by atoms with Gasteiger partial charge in [0.05, 0.1) is 4.90 Å². The van der Waals surface area contributed by atoms with E-state index in [0.29, 0.717) is 4.31 Å². The molecule has 0 aliphatic heterocycles. The first-order valence-electron chi connectivity index (χ1n) is 12.9. The molecule has 0 spiro atoms. The second kappa shape index (κ2) is 12.1. The highest BCUT2D eigenvalue weighted by Gasteiger charge is 2.36. The molecule has 0 atom stereocenters. The zero-order valence-electron chi connectivity index (χ0n) is 22.7. The van der Waals surface area contributed by atoms with Crippen molar-refractivity contribution in [2.24, 2.45) is 5.92 Å². The van der Waals surface area contributed by atoms with Gasteiger partial charge in [0.25, 0.3) is 10.0 Å². The number of anilines is 1. The van der Waals surface area contributed by atoms with Crippen LogP contribution in [0, 0.1) is 12.8 Å². The van der Waals surface area contributed by atoms with Gasteiger partial charge in [0.15, 0.2) is 0 Å². The standard InChI is InChI=1S/C28H36N2O8S/c1-19-10-13-22(14-11-19)39(36,37)30(27(35)38-28(2,3)4)18-25(32)29(17-20-8-6-5-7-9-20)21-12-15-23(26(33)34)24(31)16-21/h10-16,20,31H,5-9,17-18H2,1-4H3,(H,33,34). The SMILES string of the molecule is Cc1ccc(S(=O)(=O)N(CC(=O)N(CC2CCCCC2)c2ccc(C(=O)O)c(O)c2)C(=O)OC(C)(C)C)cc1. The molecule has 0 heterocycles. The third-order valence-corrected chi connectivity index (χ3v) is 8.20. The van der Waals surface area contributed by atoms with E-state index in [9.17, 15) is 33.0 Å². The van der Waals surface area contributed by atoms with E-state index in [0.717, 1.165) is 43.7 Å². The maximum absolute atomic E-state index is 13.8. The van der Waals surface area contributed by atoms with Gasteiger partial charge in [-0.1, -0.05) is 37.0 Å². The van der Waals surface area contributed by atoms with E-state index in [1.54, 1.807) is 39.8 Å². The van der Waals surface area contributed by atoms with Gasteiger partial charge in [-0.2, -0.15) is 4.31 Å². The summed E-state index contributed by atoms with van der Waals surface area (Å²) in [6, 6.07) is 9.62. The van der Waals surface area contributed by atoms with Gasteiger partial charge in [0.2, 0.25) is 5.91 Å². The fourth-order valence-corrected chi connectivity index (χ4v) is 5.70. The van der Waals surface area contributed by atoms with Crippen LogP contribution in [0.4, 0.5) is 10.5 Å². The van der Waals surface area contributed by atoms with Crippen molar-refractivity contribution < 1.29 is 37.8 Å². The number of aryl methyl sites for hydroxylation is 1.